The van der Waals surface area contributed by atoms with Crippen LogP contribution in [0.25, 0.3) is 0 Å². The molecule has 4 N–H and O–H groups in total. The first-order valence-electron chi connectivity index (χ1n) is 10.9. The molecule has 0 bridgehead atoms. The molecular formula is C23H32F3N5O. The molecule has 2 aliphatic rings. The van der Waals surface area contributed by atoms with Crippen LogP contribution in [0.5, 0.6) is 0 Å². The molecule has 2 aliphatic carbocycles. The van der Waals surface area contributed by atoms with E-state index in [1.807, 2.05) is 26.1 Å². The van der Waals surface area contributed by atoms with Gasteiger partial charge in [0, 0.05) is 24.3 Å². The van der Waals surface area contributed by atoms with Crippen LogP contribution in [0, 0.1) is 5.41 Å². The van der Waals surface area contributed by atoms with Gasteiger partial charge in [0.2, 0.25) is 6.41 Å². The minimum atomic E-state index is -4.22. The third kappa shape index (κ3) is 6.32. The van der Waals surface area contributed by atoms with E-state index in [1.165, 1.54) is 12.3 Å². The van der Waals surface area contributed by atoms with Gasteiger partial charge in [-0.15, -0.1) is 0 Å². The van der Waals surface area contributed by atoms with Crippen LogP contribution < -0.4 is 16.4 Å². The minimum Gasteiger partial charge on any atom is -0.384 e. The third-order valence-electron chi connectivity index (χ3n) is 6.65. The van der Waals surface area contributed by atoms with Crippen molar-refractivity contribution >= 4 is 17.9 Å². The standard InChI is InChI=1S/C23H32F3N5O/c1-16(9-17-3-5-18(6-4-17)30-21(27)7-8-29-15-32)31(14-23(24,25)26)20-12-22(13-20)10-19(11-22)28-2/h3-8,15-16,19-20,28H,9-14H2,1-2H3,(H2,27,30)(H,29,32)/b8-7-. The van der Waals surface area contributed by atoms with Crippen molar-refractivity contribution in [2.75, 3.05) is 13.6 Å². The van der Waals surface area contributed by atoms with Crippen molar-refractivity contribution in [3.8, 4) is 0 Å². The zero-order valence-corrected chi connectivity index (χ0v) is 18.5. The number of nitrogens with two attached hydrogens (primary N) is 1. The van der Waals surface area contributed by atoms with E-state index < -0.39 is 12.7 Å². The summed E-state index contributed by atoms with van der Waals surface area (Å²) in [4.78, 5) is 16.1. The summed E-state index contributed by atoms with van der Waals surface area (Å²) in [5.74, 6) is 0.229. The number of nitrogens with one attached hydrogen (secondary N) is 2. The van der Waals surface area contributed by atoms with Gasteiger partial charge in [-0.05, 0) is 75.3 Å². The molecule has 32 heavy (non-hydrogen) atoms. The van der Waals surface area contributed by atoms with E-state index >= 15 is 0 Å². The maximum atomic E-state index is 13.3. The molecule has 9 heteroatoms. The number of amides is 1. The van der Waals surface area contributed by atoms with E-state index in [9.17, 15) is 18.0 Å². The topological polar surface area (TPSA) is 82.8 Å². The summed E-state index contributed by atoms with van der Waals surface area (Å²) in [6, 6.07) is 7.58. The van der Waals surface area contributed by atoms with Crippen molar-refractivity contribution in [3.05, 3.63) is 42.1 Å². The molecule has 0 heterocycles. The molecule has 1 aromatic carbocycles. The number of carbonyl (C=O) groups is 1. The van der Waals surface area contributed by atoms with Crippen LogP contribution in [0.1, 0.15) is 38.2 Å². The quantitative estimate of drug-likeness (QED) is 0.290. The number of carbonyl (C=O) groups excluding carboxylic acids is 1. The van der Waals surface area contributed by atoms with E-state index in [-0.39, 0.29) is 23.3 Å². The Labute approximate surface area is 187 Å². The Morgan fingerprint density at radius 1 is 1.28 bits per heavy atom. The zero-order valence-electron chi connectivity index (χ0n) is 18.5. The predicted molar refractivity (Wildman–Crippen MR) is 120 cm³/mol. The SMILES string of the molecule is CNC1CC2(C1)CC(N(CC(F)(F)F)C(C)Cc1ccc(N=C(N)/C=C\NC=O)cc1)C2. The van der Waals surface area contributed by atoms with E-state index in [1.54, 1.807) is 17.0 Å². The maximum Gasteiger partial charge on any atom is 0.401 e. The number of aliphatic imine (C=N–C) groups is 1. The Bertz CT molecular complexity index is 823. The van der Waals surface area contributed by atoms with Gasteiger partial charge >= 0.3 is 6.18 Å². The number of rotatable bonds is 10. The number of alkyl halides is 3. The van der Waals surface area contributed by atoms with Crippen LogP contribution in [0.2, 0.25) is 0 Å². The molecule has 1 spiro atoms. The molecule has 1 unspecified atom stereocenters. The first-order chi connectivity index (χ1) is 15.1. The van der Waals surface area contributed by atoms with Gasteiger partial charge in [-0.25, -0.2) is 4.99 Å². The van der Waals surface area contributed by atoms with Crippen molar-refractivity contribution in [1.82, 2.24) is 15.5 Å². The number of amidine groups is 1. The van der Waals surface area contributed by atoms with Crippen LogP contribution >= 0.6 is 0 Å². The predicted octanol–water partition coefficient (Wildman–Crippen LogP) is 3.26. The molecule has 0 aromatic heterocycles. The Morgan fingerprint density at radius 2 is 1.94 bits per heavy atom. The lowest BCUT2D eigenvalue weighted by atomic mass is 9.51. The first kappa shape index (κ1) is 24.3. The minimum absolute atomic E-state index is 0.0140. The van der Waals surface area contributed by atoms with Crippen molar-refractivity contribution in [1.29, 1.82) is 0 Å². The van der Waals surface area contributed by atoms with E-state index in [0.717, 1.165) is 31.2 Å². The smallest absolute Gasteiger partial charge is 0.384 e. The fourth-order valence-corrected chi connectivity index (χ4v) is 5.07. The van der Waals surface area contributed by atoms with E-state index in [0.29, 0.717) is 24.6 Å². The third-order valence-corrected chi connectivity index (χ3v) is 6.65. The number of hydrogen-bond donors (Lipinski definition) is 3. The van der Waals surface area contributed by atoms with Crippen molar-refractivity contribution in [2.45, 2.75) is 63.3 Å². The molecule has 1 amide bonds. The number of nitrogens with zero attached hydrogens (tertiary/aromatic N) is 2. The highest BCUT2D eigenvalue weighted by atomic mass is 19.4. The van der Waals surface area contributed by atoms with Crippen LogP contribution in [0.4, 0.5) is 18.9 Å². The van der Waals surface area contributed by atoms with Gasteiger partial charge in [-0.2, -0.15) is 13.2 Å². The molecule has 6 nitrogen and oxygen atoms in total. The maximum absolute atomic E-state index is 13.3. The number of halogens is 3. The van der Waals surface area contributed by atoms with Gasteiger partial charge in [0.05, 0.1) is 12.2 Å². The van der Waals surface area contributed by atoms with Crippen molar-refractivity contribution in [2.24, 2.45) is 16.1 Å². The lowest BCUT2D eigenvalue weighted by Gasteiger charge is -2.61. The average molecular weight is 452 g/mol. The summed E-state index contributed by atoms with van der Waals surface area (Å²) < 4.78 is 39.9. The second kappa shape index (κ2) is 10.0. The second-order valence-electron chi connectivity index (χ2n) is 9.12. The fraction of sp³-hybridized carbons (Fsp3) is 0.565. The van der Waals surface area contributed by atoms with Gasteiger partial charge in [-0.3, -0.25) is 9.69 Å². The molecule has 1 atom stereocenters. The Kier molecular flexibility index (Phi) is 7.61. The number of hydrogen-bond acceptors (Lipinski definition) is 4. The van der Waals surface area contributed by atoms with E-state index in [2.05, 4.69) is 15.6 Å². The zero-order chi connectivity index (χ0) is 23.4. The summed E-state index contributed by atoms with van der Waals surface area (Å²) in [6.07, 6.45) is 3.52. The fourth-order valence-electron chi connectivity index (χ4n) is 5.07. The van der Waals surface area contributed by atoms with Gasteiger partial charge in [0.1, 0.15) is 5.84 Å². The summed E-state index contributed by atoms with van der Waals surface area (Å²) in [6.45, 7) is 1.01. The van der Waals surface area contributed by atoms with Gasteiger partial charge in [0.15, 0.2) is 0 Å². The molecule has 176 valence electrons. The van der Waals surface area contributed by atoms with Crippen LogP contribution in [-0.4, -0.2) is 55.0 Å². The van der Waals surface area contributed by atoms with Gasteiger partial charge < -0.3 is 16.4 Å². The van der Waals surface area contributed by atoms with Crippen LogP contribution in [-0.2, 0) is 11.2 Å². The molecule has 2 saturated carbocycles. The molecule has 3 rings (SSSR count). The molecule has 0 saturated heterocycles. The molecule has 1 aromatic rings. The van der Waals surface area contributed by atoms with E-state index in [4.69, 9.17) is 5.73 Å². The average Bonchev–Trinajstić information content (AvgIpc) is 2.66. The molecule has 2 fully saturated rings. The first-order valence-corrected chi connectivity index (χ1v) is 10.9. The Hall–Kier alpha value is -2.39. The van der Waals surface area contributed by atoms with Gasteiger partial charge in [0.25, 0.3) is 0 Å². The lowest BCUT2D eigenvalue weighted by molar-refractivity contribution is -0.175. The normalized spacial score (nSPS) is 26.8. The summed E-state index contributed by atoms with van der Waals surface area (Å²) in [5.41, 5.74) is 7.60. The largest absolute Gasteiger partial charge is 0.401 e. The summed E-state index contributed by atoms with van der Waals surface area (Å²) >= 11 is 0. The van der Waals surface area contributed by atoms with Crippen molar-refractivity contribution < 1.29 is 18.0 Å². The monoisotopic (exact) mass is 451 g/mol. The molecular weight excluding hydrogens is 419 g/mol. The Balaban J connectivity index is 1.60. The van der Waals surface area contributed by atoms with Crippen LogP contribution in [0.15, 0.2) is 41.5 Å². The number of benzene rings is 1. The summed E-state index contributed by atoms with van der Waals surface area (Å²) in [5, 5.41) is 5.61. The van der Waals surface area contributed by atoms with Crippen LogP contribution in [0.3, 0.4) is 0 Å². The highest BCUT2D eigenvalue weighted by Crippen LogP contribution is 2.57. The molecule has 0 radical (unpaired) electrons. The highest BCUT2D eigenvalue weighted by molar-refractivity contribution is 5.93. The van der Waals surface area contributed by atoms with Crippen molar-refractivity contribution in [3.63, 3.8) is 0 Å². The second-order valence-corrected chi connectivity index (χ2v) is 9.12. The highest BCUT2D eigenvalue weighted by Gasteiger charge is 2.55. The molecule has 0 aliphatic heterocycles. The van der Waals surface area contributed by atoms with Gasteiger partial charge in [-0.1, -0.05) is 12.1 Å². The summed E-state index contributed by atoms with van der Waals surface area (Å²) in [7, 11) is 1.94. The Morgan fingerprint density at radius 3 is 2.50 bits per heavy atom. The lowest BCUT2D eigenvalue weighted by Crippen LogP contribution is -2.62.